The lowest BCUT2D eigenvalue weighted by molar-refractivity contribution is -0.126. The van der Waals surface area contributed by atoms with Crippen LogP contribution < -0.4 is 15.8 Å². The number of carbonyl (C=O) groups is 1. The molecule has 1 amide bonds. The fraction of sp³-hybridized carbons (Fsp3) is 0.533. The van der Waals surface area contributed by atoms with Gasteiger partial charge in [-0.05, 0) is 25.0 Å². The minimum absolute atomic E-state index is 0.0195. The normalized spacial score (nSPS) is 21.2. The third-order valence-corrected chi connectivity index (χ3v) is 3.35. The summed E-state index contributed by atoms with van der Waals surface area (Å²) in [5.74, 6) is 0.463. The van der Waals surface area contributed by atoms with E-state index in [1.807, 2.05) is 18.2 Å². The summed E-state index contributed by atoms with van der Waals surface area (Å²) in [6.45, 7) is 1.37. The summed E-state index contributed by atoms with van der Waals surface area (Å²) in [4.78, 5) is 12.2. The minimum atomic E-state index is -0.439. The largest absolute Gasteiger partial charge is 0.489 e. The van der Waals surface area contributed by atoms with Crippen molar-refractivity contribution in [2.45, 2.75) is 25.0 Å². The number of carbonyl (C=O) groups excluding carboxylic acids is 1. The van der Waals surface area contributed by atoms with E-state index in [9.17, 15) is 4.79 Å². The number of benzene rings is 1. The van der Waals surface area contributed by atoms with Gasteiger partial charge in [-0.15, -0.1) is 0 Å². The first-order chi connectivity index (χ1) is 10.2. The van der Waals surface area contributed by atoms with Crippen molar-refractivity contribution >= 4 is 11.6 Å². The molecule has 0 aliphatic carbocycles. The Labute approximate surface area is 124 Å². The summed E-state index contributed by atoms with van der Waals surface area (Å²) in [5, 5.41) is 2.85. The third-order valence-electron chi connectivity index (χ3n) is 3.35. The van der Waals surface area contributed by atoms with Gasteiger partial charge in [0.15, 0.2) is 0 Å². The van der Waals surface area contributed by atoms with Gasteiger partial charge in [0.25, 0.3) is 5.91 Å². The van der Waals surface area contributed by atoms with Gasteiger partial charge in [-0.3, -0.25) is 4.79 Å². The summed E-state index contributed by atoms with van der Waals surface area (Å²) < 4.78 is 16.1. The SMILES string of the molecule is COCCOc1ccccc1NC(=O)[C@@H]1CC[C@H](CN)O1. The van der Waals surface area contributed by atoms with Gasteiger partial charge in [0, 0.05) is 13.7 Å². The summed E-state index contributed by atoms with van der Waals surface area (Å²) >= 11 is 0. The van der Waals surface area contributed by atoms with E-state index < -0.39 is 6.10 Å². The highest BCUT2D eigenvalue weighted by Crippen LogP contribution is 2.26. The molecule has 1 aliphatic rings. The summed E-state index contributed by atoms with van der Waals surface area (Å²) in [7, 11) is 1.61. The molecule has 6 heteroatoms. The van der Waals surface area contributed by atoms with Crippen molar-refractivity contribution in [3.8, 4) is 5.75 Å². The van der Waals surface area contributed by atoms with Crippen LogP contribution in [0.3, 0.4) is 0 Å². The zero-order valence-corrected chi connectivity index (χ0v) is 12.2. The van der Waals surface area contributed by atoms with Gasteiger partial charge < -0.3 is 25.3 Å². The molecule has 1 saturated heterocycles. The number of hydrogen-bond donors (Lipinski definition) is 2. The van der Waals surface area contributed by atoms with Gasteiger partial charge in [-0.1, -0.05) is 12.1 Å². The van der Waals surface area contributed by atoms with E-state index in [4.69, 9.17) is 19.9 Å². The Hall–Kier alpha value is -1.63. The lowest BCUT2D eigenvalue weighted by Gasteiger charge is -2.15. The second kappa shape index (κ2) is 7.97. The molecule has 0 spiro atoms. The average molecular weight is 294 g/mol. The Bertz CT molecular complexity index is 467. The minimum Gasteiger partial charge on any atom is -0.489 e. The second-order valence-electron chi connectivity index (χ2n) is 4.89. The Kier molecular flexibility index (Phi) is 5.98. The number of hydrogen-bond acceptors (Lipinski definition) is 5. The van der Waals surface area contributed by atoms with Crippen molar-refractivity contribution < 1.29 is 19.0 Å². The van der Waals surface area contributed by atoms with E-state index in [1.165, 1.54) is 0 Å². The molecule has 0 unspecified atom stereocenters. The van der Waals surface area contributed by atoms with Crippen LogP contribution in [0.5, 0.6) is 5.75 Å². The van der Waals surface area contributed by atoms with Crippen molar-refractivity contribution in [1.82, 2.24) is 0 Å². The number of ether oxygens (including phenoxy) is 3. The van der Waals surface area contributed by atoms with Crippen molar-refractivity contribution in [3.05, 3.63) is 24.3 Å². The highest BCUT2D eigenvalue weighted by Gasteiger charge is 2.30. The van der Waals surface area contributed by atoms with E-state index in [0.29, 0.717) is 37.6 Å². The molecule has 6 nitrogen and oxygen atoms in total. The molecule has 2 rings (SSSR count). The van der Waals surface area contributed by atoms with Crippen molar-refractivity contribution in [2.24, 2.45) is 5.73 Å². The lowest BCUT2D eigenvalue weighted by Crippen LogP contribution is -2.30. The molecule has 1 aromatic rings. The predicted molar refractivity (Wildman–Crippen MR) is 79.4 cm³/mol. The number of nitrogens with one attached hydrogen (secondary N) is 1. The standard InChI is InChI=1S/C15H22N2O4/c1-19-8-9-20-13-5-3-2-4-12(13)17-15(18)14-7-6-11(10-16)21-14/h2-5,11,14H,6-10,16H2,1H3,(H,17,18)/t11-,14+/m1/s1. The number of anilines is 1. The maximum atomic E-state index is 12.2. The van der Waals surface area contributed by atoms with Gasteiger partial charge in [0.1, 0.15) is 18.5 Å². The monoisotopic (exact) mass is 294 g/mol. The highest BCUT2D eigenvalue weighted by molar-refractivity contribution is 5.95. The molecule has 0 radical (unpaired) electrons. The van der Waals surface area contributed by atoms with Crippen LogP contribution in [0.25, 0.3) is 0 Å². The van der Waals surface area contributed by atoms with Crippen LogP contribution in [0.1, 0.15) is 12.8 Å². The van der Waals surface area contributed by atoms with E-state index >= 15 is 0 Å². The van der Waals surface area contributed by atoms with E-state index in [-0.39, 0.29) is 12.0 Å². The van der Waals surface area contributed by atoms with Crippen LogP contribution in [-0.2, 0) is 14.3 Å². The van der Waals surface area contributed by atoms with Crippen molar-refractivity contribution in [2.75, 3.05) is 32.2 Å². The molecule has 21 heavy (non-hydrogen) atoms. The first kappa shape index (κ1) is 15.8. The van der Waals surface area contributed by atoms with Crippen LogP contribution >= 0.6 is 0 Å². The molecule has 3 N–H and O–H groups in total. The predicted octanol–water partition coefficient (Wildman–Crippen LogP) is 1.16. The number of rotatable bonds is 7. The Morgan fingerprint density at radius 1 is 1.38 bits per heavy atom. The molecule has 1 fully saturated rings. The Morgan fingerprint density at radius 3 is 2.90 bits per heavy atom. The number of methoxy groups -OCH3 is 1. The van der Waals surface area contributed by atoms with Crippen LogP contribution in [0.2, 0.25) is 0 Å². The molecule has 1 aliphatic heterocycles. The van der Waals surface area contributed by atoms with Gasteiger partial charge in [-0.25, -0.2) is 0 Å². The van der Waals surface area contributed by atoms with Gasteiger partial charge in [-0.2, -0.15) is 0 Å². The van der Waals surface area contributed by atoms with E-state index in [2.05, 4.69) is 5.32 Å². The lowest BCUT2D eigenvalue weighted by atomic mass is 10.2. The van der Waals surface area contributed by atoms with Crippen LogP contribution in [0.15, 0.2) is 24.3 Å². The molecule has 0 aromatic heterocycles. The molecule has 116 valence electrons. The Balaban J connectivity index is 1.94. The number of amides is 1. The zero-order valence-electron chi connectivity index (χ0n) is 12.2. The van der Waals surface area contributed by atoms with E-state index in [0.717, 1.165) is 6.42 Å². The van der Waals surface area contributed by atoms with Crippen molar-refractivity contribution in [1.29, 1.82) is 0 Å². The molecule has 1 aromatic carbocycles. The highest BCUT2D eigenvalue weighted by atomic mass is 16.5. The van der Waals surface area contributed by atoms with Gasteiger partial charge in [0.2, 0.25) is 0 Å². The van der Waals surface area contributed by atoms with Gasteiger partial charge in [0.05, 0.1) is 18.4 Å². The van der Waals surface area contributed by atoms with Crippen LogP contribution in [0.4, 0.5) is 5.69 Å². The molecular weight excluding hydrogens is 272 g/mol. The summed E-state index contributed by atoms with van der Waals surface area (Å²) in [6.07, 6.45) is 1.06. The molecule has 2 atom stereocenters. The fourth-order valence-corrected chi connectivity index (χ4v) is 2.22. The summed E-state index contributed by atoms with van der Waals surface area (Å²) in [6, 6.07) is 7.31. The number of nitrogens with two attached hydrogens (primary N) is 1. The molecular formula is C15H22N2O4. The smallest absolute Gasteiger partial charge is 0.253 e. The van der Waals surface area contributed by atoms with Crippen LogP contribution in [-0.4, -0.2) is 45.0 Å². The van der Waals surface area contributed by atoms with Gasteiger partial charge >= 0.3 is 0 Å². The second-order valence-corrected chi connectivity index (χ2v) is 4.89. The average Bonchev–Trinajstić information content (AvgIpc) is 2.98. The Morgan fingerprint density at radius 2 is 2.19 bits per heavy atom. The number of para-hydroxylation sites is 2. The quantitative estimate of drug-likeness (QED) is 0.737. The fourth-order valence-electron chi connectivity index (χ4n) is 2.22. The van der Waals surface area contributed by atoms with E-state index in [1.54, 1.807) is 13.2 Å². The molecule has 0 bridgehead atoms. The topological polar surface area (TPSA) is 82.8 Å². The van der Waals surface area contributed by atoms with Crippen LogP contribution in [0, 0.1) is 0 Å². The zero-order chi connectivity index (χ0) is 15.1. The molecule has 1 heterocycles. The maximum Gasteiger partial charge on any atom is 0.253 e. The maximum absolute atomic E-state index is 12.2. The summed E-state index contributed by atoms with van der Waals surface area (Å²) in [5.41, 5.74) is 6.19. The third kappa shape index (κ3) is 4.42. The molecule has 0 saturated carbocycles. The first-order valence-corrected chi connectivity index (χ1v) is 7.11. The van der Waals surface area contributed by atoms with Crippen molar-refractivity contribution in [3.63, 3.8) is 0 Å². The first-order valence-electron chi connectivity index (χ1n) is 7.11.